The van der Waals surface area contributed by atoms with E-state index in [0.29, 0.717) is 13.2 Å². The van der Waals surface area contributed by atoms with Crippen LogP contribution in [-0.2, 0) is 19.5 Å². The number of hydrogen-bond donors (Lipinski definition) is 1. The molecule has 0 fully saturated rings. The maximum Gasteiger partial charge on any atom is 0.119 e. The molecule has 3 rings (SSSR count). The largest absolute Gasteiger partial charge is 0.491 e. The van der Waals surface area contributed by atoms with Gasteiger partial charge in [0.25, 0.3) is 0 Å². The number of β-amino-alcohol motifs (C(OH)–C–C–N with tert-alkyl or cyclic N) is 1. The zero-order valence-electron chi connectivity index (χ0n) is 17.2. The molecule has 1 aliphatic rings. The van der Waals surface area contributed by atoms with Gasteiger partial charge in [-0.05, 0) is 35.2 Å². The standard InChI is InChI=1S/C25H32N2O2/c1-3-13-26(14-4-2)17-21-8-7-11-25(16-21)29-20-24(28)19-27-15-12-22-9-5-6-10-23(22)18-27/h3-11,16,24,28H,1-2,12-15,17-20H2. The number of rotatable bonds is 11. The molecule has 0 aliphatic carbocycles. The van der Waals surface area contributed by atoms with Gasteiger partial charge in [-0.15, -0.1) is 13.2 Å². The molecule has 2 aromatic rings. The van der Waals surface area contributed by atoms with Crippen LogP contribution in [0.1, 0.15) is 16.7 Å². The quantitative estimate of drug-likeness (QED) is 0.592. The second kappa shape index (κ2) is 11.0. The first kappa shape index (κ1) is 21.3. The van der Waals surface area contributed by atoms with Crippen molar-refractivity contribution in [2.75, 3.05) is 32.8 Å². The summed E-state index contributed by atoms with van der Waals surface area (Å²) >= 11 is 0. The van der Waals surface area contributed by atoms with E-state index in [4.69, 9.17) is 4.74 Å². The molecule has 0 saturated carbocycles. The van der Waals surface area contributed by atoms with Gasteiger partial charge in [0, 0.05) is 39.3 Å². The van der Waals surface area contributed by atoms with Crippen molar-refractivity contribution >= 4 is 0 Å². The molecule has 2 aromatic carbocycles. The molecule has 0 saturated heterocycles. The van der Waals surface area contributed by atoms with E-state index in [1.54, 1.807) is 0 Å². The van der Waals surface area contributed by atoms with Gasteiger partial charge in [-0.1, -0.05) is 48.6 Å². The molecule has 0 aromatic heterocycles. The Morgan fingerprint density at radius 2 is 1.83 bits per heavy atom. The van der Waals surface area contributed by atoms with Crippen LogP contribution in [0.2, 0.25) is 0 Å². The molecular formula is C25H32N2O2. The van der Waals surface area contributed by atoms with E-state index in [1.165, 1.54) is 16.7 Å². The zero-order chi connectivity index (χ0) is 20.5. The molecule has 0 bridgehead atoms. The molecule has 4 heteroatoms. The minimum Gasteiger partial charge on any atom is -0.491 e. The first-order valence-corrected chi connectivity index (χ1v) is 10.3. The SMILES string of the molecule is C=CCN(CC=C)Cc1cccc(OCC(O)CN2CCc3ccccc3C2)c1. The number of hydrogen-bond acceptors (Lipinski definition) is 4. The summed E-state index contributed by atoms with van der Waals surface area (Å²) in [6.07, 6.45) is 4.33. The summed E-state index contributed by atoms with van der Waals surface area (Å²) < 4.78 is 5.89. The Kier molecular flexibility index (Phi) is 8.05. The highest BCUT2D eigenvalue weighted by atomic mass is 16.5. The van der Waals surface area contributed by atoms with Crippen LogP contribution < -0.4 is 4.74 Å². The predicted molar refractivity (Wildman–Crippen MR) is 119 cm³/mol. The fourth-order valence-electron chi connectivity index (χ4n) is 3.81. The summed E-state index contributed by atoms with van der Waals surface area (Å²) in [6, 6.07) is 16.6. The maximum absolute atomic E-state index is 10.5. The molecule has 0 amide bonds. The van der Waals surface area contributed by atoms with Crippen molar-refractivity contribution in [3.8, 4) is 5.75 Å². The number of fused-ring (bicyclic) bond motifs is 1. The molecule has 1 heterocycles. The lowest BCUT2D eigenvalue weighted by Crippen LogP contribution is -2.38. The van der Waals surface area contributed by atoms with Crippen LogP contribution in [0.25, 0.3) is 0 Å². The Hall–Kier alpha value is -2.40. The normalized spacial score (nSPS) is 15.0. The summed E-state index contributed by atoms with van der Waals surface area (Å²) in [7, 11) is 0. The van der Waals surface area contributed by atoms with Crippen LogP contribution in [0.4, 0.5) is 0 Å². The van der Waals surface area contributed by atoms with Gasteiger partial charge in [0.1, 0.15) is 18.5 Å². The predicted octanol–water partition coefficient (Wildman–Crippen LogP) is 3.66. The highest BCUT2D eigenvalue weighted by Crippen LogP contribution is 2.19. The average molecular weight is 393 g/mol. The Morgan fingerprint density at radius 3 is 2.59 bits per heavy atom. The number of aliphatic hydroxyl groups is 1. The van der Waals surface area contributed by atoms with E-state index in [1.807, 2.05) is 30.4 Å². The first-order valence-electron chi connectivity index (χ1n) is 10.3. The van der Waals surface area contributed by atoms with Crippen LogP contribution in [0.15, 0.2) is 73.8 Å². The lowest BCUT2D eigenvalue weighted by atomic mass is 10.00. The van der Waals surface area contributed by atoms with E-state index < -0.39 is 6.10 Å². The number of nitrogens with zero attached hydrogens (tertiary/aromatic N) is 2. The van der Waals surface area contributed by atoms with Gasteiger partial charge in [0.2, 0.25) is 0 Å². The van der Waals surface area contributed by atoms with Crippen LogP contribution >= 0.6 is 0 Å². The Morgan fingerprint density at radius 1 is 1.07 bits per heavy atom. The van der Waals surface area contributed by atoms with E-state index in [9.17, 15) is 5.11 Å². The average Bonchev–Trinajstić information content (AvgIpc) is 2.73. The van der Waals surface area contributed by atoms with Crippen molar-refractivity contribution in [1.29, 1.82) is 0 Å². The highest BCUT2D eigenvalue weighted by molar-refractivity contribution is 5.29. The maximum atomic E-state index is 10.5. The van der Waals surface area contributed by atoms with E-state index in [0.717, 1.165) is 44.9 Å². The topological polar surface area (TPSA) is 35.9 Å². The zero-order valence-corrected chi connectivity index (χ0v) is 17.2. The molecule has 4 nitrogen and oxygen atoms in total. The summed E-state index contributed by atoms with van der Waals surface area (Å²) in [5, 5.41) is 10.5. The van der Waals surface area contributed by atoms with Gasteiger partial charge >= 0.3 is 0 Å². The number of benzene rings is 2. The van der Waals surface area contributed by atoms with E-state index in [-0.39, 0.29) is 0 Å². The number of ether oxygens (including phenoxy) is 1. The summed E-state index contributed by atoms with van der Waals surface area (Å²) in [5.41, 5.74) is 3.96. The second-order valence-electron chi connectivity index (χ2n) is 7.64. The smallest absolute Gasteiger partial charge is 0.119 e. The Labute approximate surface area is 174 Å². The summed E-state index contributed by atoms with van der Waals surface area (Å²) in [4.78, 5) is 4.55. The van der Waals surface area contributed by atoms with Crippen molar-refractivity contribution in [3.05, 3.63) is 90.5 Å². The van der Waals surface area contributed by atoms with Crippen molar-refractivity contribution in [2.24, 2.45) is 0 Å². The molecule has 154 valence electrons. The van der Waals surface area contributed by atoms with Crippen molar-refractivity contribution in [2.45, 2.75) is 25.6 Å². The minimum atomic E-state index is -0.512. The fraction of sp³-hybridized carbons (Fsp3) is 0.360. The van der Waals surface area contributed by atoms with Crippen LogP contribution in [0.5, 0.6) is 5.75 Å². The molecule has 1 atom stereocenters. The Balaban J connectivity index is 1.48. The monoisotopic (exact) mass is 392 g/mol. The van der Waals surface area contributed by atoms with Crippen LogP contribution in [0, 0.1) is 0 Å². The lowest BCUT2D eigenvalue weighted by Gasteiger charge is -2.30. The van der Waals surface area contributed by atoms with Crippen LogP contribution in [-0.4, -0.2) is 53.8 Å². The summed E-state index contributed by atoms with van der Waals surface area (Å²) in [6.45, 7) is 12.9. The van der Waals surface area contributed by atoms with Gasteiger partial charge in [-0.25, -0.2) is 0 Å². The van der Waals surface area contributed by atoms with Gasteiger partial charge in [-0.3, -0.25) is 9.80 Å². The third-order valence-corrected chi connectivity index (χ3v) is 5.20. The van der Waals surface area contributed by atoms with E-state index >= 15 is 0 Å². The van der Waals surface area contributed by atoms with Crippen LogP contribution in [0.3, 0.4) is 0 Å². The molecule has 29 heavy (non-hydrogen) atoms. The third kappa shape index (κ3) is 6.57. The van der Waals surface area contributed by atoms with Gasteiger partial charge in [-0.2, -0.15) is 0 Å². The lowest BCUT2D eigenvalue weighted by molar-refractivity contribution is 0.0637. The summed E-state index contributed by atoms with van der Waals surface area (Å²) in [5.74, 6) is 0.794. The fourth-order valence-corrected chi connectivity index (χ4v) is 3.81. The molecule has 1 aliphatic heterocycles. The highest BCUT2D eigenvalue weighted by Gasteiger charge is 2.18. The van der Waals surface area contributed by atoms with Gasteiger partial charge < -0.3 is 9.84 Å². The van der Waals surface area contributed by atoms with Crippen molar-refractivity contribution < 1.29 is 9.84 Å². The molecule has 1 unspecified atom stereocenters. The van der Waals surface area contributed by atoms with Gasteiger partial charge in [0.05, 0.1) is 0 Å². The van der Waals surface area contributed by atoms with Crippen molar-refractivity contribution in [1.82, 2.24) is 9.80 Å². The van der Waals surface area contributed by atoms with Crippen molar-refractivity contribution in [3.63, 3.8) is 0 Å². The van der Waals surface area contributed by atoms with Gasteiger partial charge in [0.15, 0.2) is 0 Å². The van der Waals surface area contributed by atoms with E-state index in [2.05, 4.69) is 53.3 Å². The minimum absolute atomic E-state index is 0.296. The molecular weight excluding hydrogens is 360 g/mol. The first-order chi connectivity index (χ1) is 14.2. The number of aliphatic hydroxyl groups excluding tert-OH is 1. The molecule has 0 radical (unpaired) electrons. The molecule has 0 spiro atoms. The Bertz CT molecular complexity index is 795. The molecule has 1 N–H and O–H groups in total. The third-order valence-electron chi connectivity index (χ3n) is 5.20. The second-order valence-corrected chi connectivity index (χ2v) is 7.64.